The van der Waals surface area contributed by atoms with Gasteiger partial charge in [-0.15, -0.1) is 0 Å². The Bertz CT molecular complexity index is 30.8. The van der Waals surface area contributed by atoms with Crippen LogP contribution >= 0.6 is 0 Å². The third-order valence-electron chi connectivity index (χ3n) is 0. The molecule has 0 aliphatic carbocycles. The van der Waals surface area contributed by atoms with E-state index in [2.05, 4.69) is 26.6 Å². The zero-order chi connectivity index (χ0) is 13.5. The molecule has 0 atom stereocenters. The predicted molar refractivity (Wildman–Crippen MR) is 74.9 cm³/mol. The molecule has 0 saturated carbocycles. The van der Waals surface area contributed by atoms with Gasteiger partial charge in [0.05, 0.1) is 0 Å². The Morgan fingerprint density at radius 2 is 0.312 bits per heavy atom. The Hall–Kier alpha value is 0.540. The van der Waals surface area contributed by atoms with Crippen molar-refractivity contribution >= 4 is 0 Å². The van der Waals surface area contributed by atoms with Crippen molar-refractivity contribution in [2.45, 2.75) is 0 Å². The van der Waals surface area contributed by atoms with Crippen molar-refractivity contribution in [1.82, 2.24) is 26.6 Å². The van der Waals surface area contributed by atoms with Gasteiger partial charge in [-0.2, -0.15) is 0 Å². The minimum Gasteiger partial charge on any atom is -0.323 e. The van der Waals surface area contributed by atoms with E-state index in [-0.39, 0.29) is 22.4 Å². The Labute approximate surface area is 119 Å². The average molecular weight is 406 g/mol. The van der Waals surface area contributed by atoms with Crippen molar-refractivity contribution in [3.05, 3.63) is 0 Å². The monoisotopic (exact) mass is 406 g/mol. The van der Waals surface area contributed by atoms with Crippen LogP contribution in [-0.2, 0) is 22.4 Å². The van der Waals surface area contributed by atoms with E-state index in [4.69, 9.17) is 0 Å². The minimum atomic E-state index is 0. The molecule has 0 aliphatic rings. The molecule has 0 spiro atoms. The maximum Gasteiger partial charge on any atom is 0 e. The summed E-state index contributed by atoms with van der Waals surface area (Å²) in [5, 5.41) is 13.8. The first kappa shape index (κ1) is 36.0. The molecule has 105 valence electrons. The summed E-state index contributed by atoms with van der Waals surface area (Å²) in [6.45, 7) is 0. The van der Waals surface area contributed by atoms with Crippen LogP contribution in [0.1, 0.15) is 0 Å². The van der Waals surface area contributed by atoms with Gasteiger partial charge in [0.25, 0.3) is 0 Å². The van der Waals surface area contributed by atoms with Crippen molar-refractivity contribution in [1.29, 1.82) is 0 Å². The van der Waals surface area contributed by atoms with Crippen LogP contribution in [0.4, 0.5) is 0 Å². The summed E-state index contributed by atoms with van der Waals surface area (Å²) in [5.74, 6) is 0. The van der Waals surface area contributed by atoms with E-state index in [1.165, 1.54) is 0 Å². The summed E-state index contributed by atoms with van der Waals surface area (Å²) in [5.41, 5.74) is 0. The molecule has 0 aromatic heterocycles. The Kier molecular flexibility index (Phi) is 241. The Morgan fingerprint density at radius 1 is 0.312 bits per heavy atom. The predicted octanol–water partition coefficient (Wildman–Crippen LogP) is -0.824. The normalized spacial score (nSPS) is 5.62. The van der Waals surface area contributed by atoms with Gasteiger partial charge in [0.2, 0.25) is 0 Å². The summed E-state index contributed by atoms with van der Waals surface area (Å²) in [6.07, 6.45) is 0. The largest absolute Gasteiger partial charge is 0.323 e. The van der Waals surface area contributed by atoms with E-state index in [1.54, 1.807) is 0 Å². The maximum atomic E-state index is 2.75. The molecule has 0 bridgehead atoms. The van der Waals surface area contributed by atoms with Crippen molar-refractivity contribution in [2.75, 3.05) is 70.5 Å². The molecular formula is C10H35N5Ta. The van der Waals surface area contributed by atoms with Crippen LogP contribution in [0.5, 0.6) is 0 Å². The molecule has 0 fully saturated rings. The molecule has 0 rings (SSSR count). The van der Waals surface area contributed by atoms with Gasteiger partial charge in [0, 0.05) is 22.4 Å². The fraction of sp³-hybridized carbons (Fsp3) is 1.00. The average Bonchev–Trinajstić information content (AvgIpc) is 2.09. The molecule has 1 radical (unpaired) electrons. The number of nitrogens with one attached hydrogen (secondary N) is 5. The van der Waals surface area contributed by atoms with Gasteiger partial charge in [-0.05, 0) is 70.5 Å². The molecule has 6 heteroatoms. The topological polar surface area (TPSA) is 60.1 Å². The summed E-state index contributed by atoms with van der Waals surface area (Å²) in [6, 6.07) is 0. The second-order valence-electron chi connectivity index (χ2n) is 2.50. The minimum absolute atomic E-state index is 0. The van der Waals surface area contributed by atoms with Crippen molar-refractivity contribution in [2.24, 2.45) is 0 Å². The first-order valence-corrected chi connectivity index (χ1v) is 5.00. The molecule has 0 amide bonds. The zero-order valence-corrected chi connectivity index (χ0v) is 16.2. The SMILES string of the molecule is CNC.CNC.CNC.CNC.CNC.[Ta]. The van der Waals surface area contributed by atoms with Crippen LogP contribution in [0, 0.1) is 0 Å². The summed E-state index contributed by atoms with van der Waals surface area (Å²) in [4.78, 5) is 0. The van der Waals surface area contributed by atoms with Crippen LogP contribution in [0.25, 0.3) is 0 Å². The van der Waals surface area contributed by atoms with Crippen LogP contribution in [-0.4, -0.2) is 70.5 Å². The summed E-state index contributed by atoms with van der Waals surface area (Å²) in [7, 11) is 18.8. The van der Waals surface area contributed by atoms with Crippen LogP contribution in [0.2, 0.25) is 0 Å². The summed E-state index contributed by atoms with van der Waals surface area (Å²) >= 11 is 0. The Balaban J connectivity index is -0.0000000192. The molecule has 0 aromatic rings. The fourth-order valence-electron chi connectivity index (χ4n) is 0. The molecular weight excluding hydrogens is 371 g/mol. The van der Waals surface area contributed by atoms with Gasteiger partial charge in [0.1, 0.15) is 0 Å². The smallest absolute Gasteiger partial charge is 0 e. The second kappa shape index (κ2) is 107. The number of hydrogen-bond donors (Lipinski definition) is 5. The van der Waals surface area contributed by atoms with E-state index >= 15 is 0 Å². The van der Waals surface area contributed by atoms with Gasteiger partial charge in [0.15, 0.2) is 0 Å². The van der Waals surface area contributed by atoms with Crippen LogP contribution < -0.4 is 26.6 Å². The van der Waals surface area contributed by atoms with Crippen molar-refractivity contribution in [3.63, 3.8) is 0 Å². The molecule has 5 nitrogen and oxygen atoms in total. The fourth-order valence-corrected chi connectivity index (χ4v) is 0. The van der Waals surface area contributed by atoms with E-state index < -0.39 is 0 Å². The number of hydrogen-bond acceptors (Lipinski definition) is 5. The zero-order valence-electron chi connectivity index (χ0n) is 12.9. The summed E-state index contributed by atoms with van der Waals surface area (Å²) < 4.78 is 0. The third-order valence-corrected chi connectivity index (χ3v) is 0. The van der Waals surface area contributed by atoms with E-state index in [9.17, 15) is 0 Å². The van der Waals surface area contributed by atoms with Gasteiger partial charge in [-0.25, -0.2) is 0 Å². The molecule has 0 saturated heterocycles. The quantitative estimate of drug-likeness (QED) is 0.364. The van der Waals surface area contributed by atoms with E-state index in [0.29, 0.717) is 0 Å². The van der Waals surface area contributed by atoms with Gasteiger partial charge < -0.3 is 26.6 Å². The van der Waals surface area contributed by atoms with Gasteiger partial charge in [-0.1, -0.05) is 0 Å². The molecule has 0 unspecified atom stereocenters. The first-order chi connectivity index (χ1) is 7.07. The Morgan fingerprint density at radius 3 is 0.312 bits per heavy atom. The van der Waals surface area contributed by atoms with Crippen molar-refractivity contribution < 1.29 is 22.4 Å². The molecule has 0 aromatic carbocycles. The van der Waals surface area contributed by atoms with E-state index in [0.717, 1.165) is 0 Å². The molecule has 5 N–H and O–H groups in total. The second-order valence-corrected chi connectivity index (χ2v) is 2.50. The van der Waals surface area contributed by atoms with Crippen LogP contribution in [0.15, 0.2) is 0 Å². The standard InChI is InChI=1S/5C2H7N.Ta/c5*1-3-2;/h5*3H,1-2H3;. The first-order valence-electron chi connectivity index (χ1n) is 5.00. The van der Waals surface area contributed by atoms with Crippen molar-refractivity contribution in [3.8, 4) is 0 Å². The molecule has 0 aliphatic heterocycles. The van der Waals surface area contributed by atoms with Crippen LogP contribution in [0.3, 0.4) is 0 Å². The van der Waals surface area contributed by atoms with Gasteiger partial charge >= 0.3 is 0 Å². The third kappa shape index (κ3) is 9130. The molecule has 16 heavy (non-hydrogen) atoms. The van der Waals surface area contributed by atoms with Gasteiger partial charge in [-0.3, -0.25) is 0 Å². The maximum absolute atomic E-state index is 2.75. The number of rotatable bonds is 0. The molecule has 0 heterocycles. The van der Waals surface area contributed by atoms with E-state index in [1.807, 2.05) is 70.5 Å².